The molecule has 1 fully saturated rings. The van der Waals surface area contributed by atoms with E-state index in [1.807, 2.05) is 0 Å². The van der Waals surface area contributed by atoms with Gasteiger partial charge in [-0.3, -0.25) is 19.0 Å². The number of carbonyl (C=O) groups excluding carboxylic acids is 1. The lowest BCUT2D eigenvalue weighted by molar-refractivity contribution is -0.144. The largest absolute Gasteiger partial charge is 0.481 e. The molecule has 8 heteroatoms. The van der Waals surface area contributed by atoms with E-state index >= 15 is 0 Å². The fourth-order valence-corrected chi connectivity index (χ4v) is 3.44. The maximum Gasteiger partial charge on any atom is 0.306 e. The van der Waals surface area contributed by atoms with Gasteiger partial charge in [0.1, 0.15) is 5.56 Å². The molecule has 1 unspecified atom stereocenters. The maximum absolute atomic E-state index is 12.3. The van der Waals surface area contributed by atoms with E-state index in [2.05, 4.69) is 4.98 Å². The van der Waals surface area contributed by atoms with Gasteiger partial charge in [0.05, 0.1) is 5.92 Å². The molecule has 3 rings (SSSR count). The molecule has 0 saturated carbocycles. The molecule has 0 aromatic carbocycles. The number of rotatable bonds is 3. The van der Waals surface area contributed by atoms with Crippen molar-refractivity contribution >= 4 is 23.6 Å². The maximum atomic E-state index is 12.3. The minimum atomic E-state index is -0.858. The second-order valence-electron chi connectivity index (χ2n) is 5.36. The third-order valence-corrected chi connectivity index (χ3v) is 5.05. The van der Waals surface area contributed by atoms with E-state index in [-0.39, 0.29) is 22.9 Å². The van der Waals surface area contributed by atoms with Crippen LogP contribution in [-0.2, 0) is 11.3 Å². The zero-order valence-electron chi connectivity index (χ0n) is 11.5. The Morgan fingerprint density at radius 2 is 2.19 bits per heavy atom. The number of aromatic nitrogens is 2. The predicted molar refractivity (Wildman–Crippen MR) is 75.4 cm³/mol. The Labute approximate surface area is 125 Å². The molecule has 0 bridgehead atoms. The van der Waals surface area contributed by atoms with E-state index in [0.717, 1.165) is 5.75 Å². The summed E-state index contributed by atoms with van der Waals surface area (Å²) in [4.78, 5) is 41.1. The molecule has 2 aliphatic rings. The van der Waals surface area contributed by atoms with E-state index in [1.165, 1.54) is 27.4 Å². The first-order valence-corrected chi connectivity index (χ1v) is 7.72. The van der Waals surface area contributed by atoms with Crippen molar-refractivity contribution in [2.75, 3.05) is 18.8 Å². The van der Waals surface area contributed by atoms with Crippen LogP contribution in [0.4, 0.5) is 0 Å². The molecule has 7 nitrogen and oxygen atoms in total. The number of carbonyl (C=O) groups is 2. The van der Waals surface area contributed by atoms with Gasteiger partial charge in [0.25, 0.3) is 11.5 Å². The highest BCUT2D eigenvalue weighted by atomic mass is 32.2. The van der Waals surface area contributed by atoms with Crippen LogP contribution in [0.15, 0.2) is 16.1 Å². The summed E-state index contributed by atoms with van der Waals surface area (Å²) in [6.45, 7) is 2.97. The normalized spacial score (nSPS) is 19.0. The summed E-state index contributed by atoms with van der Waals surface area (Å²) in [5, 5.41) is 9.59. The second-order valence-corrected chi connectivity index (χ2v) is 6.42. The van der Waals surface area contributed by atoms with E-state index in [0.29, 0.717) is 24.8 Å². The smallest absolute Gasteiger partial charge is 0.306 e. The summed E-state index contributed by atoms with van der Waals surface area (Å²) in [6, 6.07) is 0. The molecule has 1 saturated heterocycles. The molecule has 0 spiro atoms. The molecule has 1 atom stereocenters. The molecule has 112 valence electrons. The summed E-state index contributed by atoms with van der Waals surface area (Å²) in [6.07, 6.45) is 1.34. The van der Waals surface area contributed by atoms with Crippen LogP contribution >= 0.6 is 11.8 Å². The number of hydrogen-bond acceptors (Lipinski definition) is 5. The predicted octanol–water partition coefficient (Wildman–Crippen LogP) is 0.142. The Kier molecular flexibility index (Phi) is 3.48. The van der Waals surface area contributed by atoms with Gasteiger partial charge in [-0.2, -0.15) is 0 Å². The highest BCUT2D eigenvalue weighted by Gasteiger charge is 2.38. The van der Waals surface area contributed by atoms with Crippen LogP contribution in [0.5, 0.6) is 0 Å². The SMILES string of the molecule is CC(C(=O)O)C1CN(C(=O)c2cnc3n(c2=O)CCS3)C1. The fourth-order valence-electron chi connectivity index (χ4n) is 2.53. The first-order chi connectivity index (χ1) is 9.99. The van der Waals surface area contributed by atoms with Crippen LogP contribution in [0.2, 0.25) is 0 Å². The number of carboxylic acid groups (broad SMARTS) is 1. The van der Waals surface area contributed by atoms with Crippen molar-refractivity contribution < 1.29 is 14.7 Å². The number of carboxylic acids is 1. The molecular weight excluding hydrogens is 294 g/mol. The first-order valence-electron chi connectivity index (χ1n) is 6.73. The Balaban J connectivity index is 1.74. The van der Waals surface area contributed by atoms with Gasteiger partial charge in [-0.1, -0.05) is 18.7 Å². The minimum Gasteiger partial charge on any atom is -0.481 e. The van der Waals surface area contributed by atoms with Crippen molar-refractivity contribution in [1.82, 2.24) is 14.5 Å². The standard InChI is InChI=1S/C13H15N3O4S/c1-7(12(19)20)8-5-15(6-8)10(17)9-4-14-13-16(11(9)18)2-3-21-13/h4,7-8H,2-3,5-6H2,1H3,(H,19,20). The van der Waals surface area contributed by atoms with Gasteiger partial charge in [0, 0.05) is 37.5 Å². The average Bonchev–Trinajstić information content (AvgIpc) is 2.86. The van der Waals surface area contributed by atoms with Crippen LogP contribution < -0.4 is 5.56 Å². The lowest BCUT2D eigenvalue weighted by Gasteiger charge is -2.41. The average molecular weight is 309 g/mol. The number of thioether (sulfide) groups is 1. The Bertz CT molecular complexity index is 666. The molecule has 1 aromatic heterocycles. The number of likely N-dealkylation sites (tertiary alicyclic amines) is 1. The number of aliphatic carboxylic acids is 1. The van der Waals surface area contributed by atoms with Crippen LogP contribution in [-0.4, -0.2) is 50.3 Å². The van der Waals surface area contributed by atoms with E-state index in [1.54, 1.807) is 6.92 Å². The highest BCUT2D eigenvalue weighted by Crippen LogP contribution is 2.26. The lowest BCUT2D eigenvalue weighted by Crippen LogP contribution is -2.54. The highest BCUT2D eigenvalue weighted by molar-refractivity contribution is 7.99. The molecule has 1 N–H and O–H groups in total. The van der Waals surface area contributed by atoms with Crippen molar-refractivity contribution in [2.45, 2.75) is 18.6 Å². The van der Waals surface area contributed by atoms with Gasteiger partial charge >= 0.3 is 5.97 Å². The zero-order valence-corrected chi connectivity index (χ0v) is 12.3. The number of nitrogens with zero attached hydrogens (tertiary/aromatic N) is 3. The van der Waals surface area contributed by atoms with Gasteiger partial charge in [0.2, 0.25) is 0 Å². The number of amides is 1. The Morgan fingerprint density at radius 3 is 2.86 bits per heavy atom. The van der Waals surface area contributed by atoms with E-state index in [9.17, 15) is 14.4 Å². The molecule has 0 radical (unpaired) electrons. The van der Waals surface area contributed by atoms with Crippen molar-refractivity contribution in [3.05, 3.63) is 22.1 Å². The van der Waals surface area contributed by atoms with E-state index < -0.39 is 11.9 Å². The molecule has 0 aliphatic carbocycles. The summed E-state index contributed by atoms with van der Waals surface area (Å²) in [7, 11) is 0. The van der Waals surface area contributed by atoms with Crippen molar-refractivity contribution in [1.29, 1.82) is 0 Å². The molecule has 3 heterocycles. The summed E-state index contributed by atoms with van der Waals surface area (Å²) < 4.78 is 1.52. The Morgan fingerprint density at radius 1 is 1.48 bits per heavy atom. The summed E-state index contributed by atoms with van der Waals surface area (Å²) in [5.74, 6) is -0.948. The molecule has 21 heavy (non-hydrogen) atoms. The van der Waals surface area contributed by atoms with Crippen molar-refractivity contribution in [3.8, 4) is 0 Å². The van der Waals surface area contributed by atoms with Crippen molar-refractivity contribution in [2.24, 2.45) is 11.8 Å². The van der Waals surface area contributed by atoms with Gasteiger partial charge in [0.15, 0.2) is 5.16 Å². The summed E-state index contributed by atoms with van der Waals surface area (Å²) >= 11 is 1.50. The molecular formula is C13H15N3O4S. The quantitative estimate of drug-likeness (QED) is 0.799. The fraction of sp³-hybridized carbons (Fsp3) is 0.538. The van der Waals surface area contributed by atoms with Crippen LogP contribution in [0.3, 0.4) is 0 Å². The number of fused-ring (bicyclic) bond motifs is 1. The van der Waals surface area contributed by atoms with Gasteiger partial charge in [-0.25, -0.2) is 4.98 Å². The van der Waals surface area contributed by atoms with Gasteiger partial charge in [-0.05, 0) is 0 Å². The molecule has 1 amide bonds. The third kappa shape index (κ3) is 2.33. The Hall–Kier alpha value is -1.83. The minimum absolute atomic E-state index is 0.0489. The van der Waals surface area contributed by atoms with Gasteiger partial charge < -0.3 is 10.0 Å². The monoisotopic (exact) mass is 309 g/mol. The van der Waals surface area contributed by atoms with Crippen LogP contribution in [0.25, 0.3) is 0 Å². The van der Waals surface area contributed by atoms with Crippen LogP contribution in [0.1, 0.15) is 17.3 Å². The second kappa shape index (κ2) is 5.18. The summed E-state index contributed by atoms with van der Waals surface area (Å²) in [5.41, 5.74) is -0.229. The van der Waals surface area contributed by atoms with Gasteiger partial charge in [-0.15, -0.1) is 0 Å². The molecule has 2 aliphatic heterocycles. The van der Waals surface area contributed by atoms with E-state index in [4.69, 9.17) is 5.11 Å². The lowest BCUT2D eigenvalue weighted by atomic mass is 9.87. The molecule has 1 aromatic rings. The van der Waals surface area contributed by atoms with Crippen LogP contribution in [0, 0.1) is 11.8 Å². The first kappa shape index (κ1) is 14.1. The number of hydrogen-bond donors (Lipinski definition) is 1. The third-order valence-electron chi connectivity index (χ3n) is 4.08. The topological polar surface area (TPSA) is 92.5 Å². The zero-order chi connectivity index (χ0) is 15.1. The van der Waals surface area contributed by atoms with Crippen molar-refractivity contribution in [3.63, 3.8) is 0 Å².